The number of hydrogen-bond donors (Lipinski definition) is 2. The molecular weight excluding hydrogens is 312 g/mol. The van der Waals surface area contributed by atoms with Gasteiger partial charge in [0.25, 0.3) is 0 Å². The van der Waals surface area contributed by atoms with Crippen molar-refractivity contribution in [3.8, 4) is 5.75 Å². The maximum atomic E-state index is 11.9. The molecule has 0 amide bonds. The van der Waals surface area contributed by atoms with Crippen LogP contribution in [0.3, 0.4) is 0 Å². The highest BCUT2D eigenvalue weighted by atomic mass is 32.1. The van der Waals surface area contributed by atoms with Crippen LogP contribution in [0.1, 0.15) is 59.5 Å². The molecule has 0 radical (unpaired) electrons. The van der Waals surface area contributed by atoms with E-state index in [0.717, 1.165) is 11.3 Å². The molecule has 5 nitrogen and oxygen atoms in total. The maximum Gasteiger partial charge on any atom is 0.177 e. The topological polar surface area (TPSA) is 71.5 Å². The van der Waals surface area contributed by atoms with Gasteiger partial charge in [0.15, 0.2) is 12.0 Å². The van der Waals surface area contributed by atoms with E-state index in [4.69, 9.17) is 4.74 Å². The zero-order valence-corrected chi connectivity index (χ0v) is 14.8. The molecule has 0 saturated carbocycles. The molecule has 0 bridgehead atoms. The number of anilines is 1. The second kappa shape index (κ2) is 7.10. The molecule has 0 aliphatic heterocycles. The Balaban J connectivity index is 2.35. The van der Waals surface area contributed by atoms with E-state index in [1.165, 1.54) is 18.3 Å². The average Bonchev–Trinajstić information content (AvgIpc) is 2.99. The van der Waals surface area contributed by atoms with Crippen LogP contribution in [-0.4, -0.2) is 23.0 Å². The van der Waals surface area contributed by atoms with Crippen molar-refractivity contribution >= 4 is 22.8 Å². The van der Waals surface area contributed by atoms with Crippen LogP contribution in [0.15, 0.2) is 17.5 Å². The van der Waals surface area contributed by atoms with Crippen LogP contribution < -0.4 is 10.1 Å². The summed E-state index contributed by atoms with van der Waals surface area (Å²) in [6.45, 7) is 7.46. The van der Waals surface area contributed by atoms with Crippen molar-refractivity contribution in [2.24, 2.45) is 0 Å². The Labute approximate surface area is 140 Å². The highest BCUT2D eigenvalue weighted by molar-refractivity contribution is 7.09. The second-order valence-corrected chi connectivity index (χ2v) is 6.57. The van der Waals surface area contributed by atoms with Gasteiger partial charge in [-0.05, 0) is 31.9 Å². The molecule has 6 heteroatoms. The van der Waals surface area contributed by atoms with Gasteiger partial charge in [-0.15, -0.1) is 11.3 Å². The summed E-state index contributed by atoms with van der Waals surface area (Å²) in [5.41, 5.74) is 2.81. The van der Waals surface area contributed by atoms with Gasteiger partial charge in [0.05, 0.1) is 18.5 Å². The van der Waals surface area contributed by atoms with Crippen LogP contribution in [0.5, 0.6) is 5.75 Å². The fourth-order valence-corrected chi connectivity index (χ4v) is 3.20. The Morgan fingerprint density at radius 1 is 1.39 bits per heavy atom. The highest BCUT2D eigenvalue weighted by Crippen LogP contribution is 2.32. The number of aromatic nitrogens is 1. The number of nitrogens with zero attached hydrogens (tertiary/aromatic N) is 1. The largest absolute Gasteiger partial charge is 0.496 e. The molecule has 0 aliphatic rings. The molecule has 2 aromatic rings. The zero-order valence-electron chi connectivity index (χ0n) is 14.0. The summed E-state index contributed by atoms with van der Waals surface area (Å²) >= 11 is 1.40. The monoisotopic (exact) mass is 334 g/mol. The molecule has 1 aromatic carbocycles. The maximum absolute atomic E-state index is 11.9. The van der Waals surface area contributed by atoms with E-state index in [0.29, 0.717) is 27.9 Å². The number of Topliss-reactive ketones (excluding diaryl/α,β-unsaturated/α-hetero) is 1. The van der Waals surface area contributed by atoms with Crippen LogP contribution in [-0.2, 0) is 0 Å². The molecule has 1 heterocycles. The molecule has 0 aliphatic carbocycles. The number of methoxy groups -OCH3 is 1. The van der Waals surface area contributed by atoms with E-state index < -0.39 is 6.23 Å². The van der Waals surface area contributed by atoms with Crippen LogP contribution in [0.4, 0.5) is 5.69 Å². The summed E-state index contributed by atoms with van der Waals surface area (Å²) in [4.78, 5) is 16.3. The first-order chi connectivity index (χ1) is 10.8. The van der Waals surface area contributed by atoms with Gasteiger partial charge in [0.2, 0.25) is 0 Å². The van der Waals surface area contributed by atoms with E-state index in [9.17, 15) is 9.90 Å². The van der Waals surface area contributed by atoms with Crippen LogP contribution in [0.2, 0.25) is 0 Å². The van der Waals surface area contributed by atoms with E-state index in [-0.39, 0.29) is 5.78 Å². The molecule has 2 N–H and O–H groups in total. The SMILES string of the molecule is COc1ccc(C(C)=O)c(NC(O)c2nc(C(C)C)cs2)c1C. The number of ketones is 1. The molecular formula is C17H22N2O3S. The predicted molar refractivity (Wildman–Crippen MR) is 92.5 cm³/mol. The minimum atomic E-state index is -0.976. The number of benzene rings is 1. The highest BCUT2D eigenvalue weighted by Gasteiger charge is 2.19. The van der Waals surface area contributed by atoms with Crippen molar-refractivity contribution in [1.29, 1.82) is 0 Å². The van der Waals surface area contributed by atoms with Crippen molar-refractivity contribution in [2.45, 2.75) is 39.8 Å². The standard InChI is InChI=1S/C17H22N2O3S/c1-9(2)13-8-23-17(18-13)16(21)19-15-10(3)14(22-5)7-6-12(15)11(4)20/h6-9,16,19,21H,1-5H3. The lowest BCUT2D eigenvalue weighted by Crippen LogP contribution is -2.14. The van der Waals surface area contributed by atoms with Crippen molar-refractivity contribution in [2.75, 3.05) is 12.4 Å². The number of ether oxygens (including phenoxy) is 1. The molecule has 23 heavy (non-hydrogen) atoms. The Bertz CT molecular complexity index is 710. The Hall–Kier alpha value is -1.92. The Kier molecular flexibility index (Phi) is 5.38. The van der Waals surface area contributed by atoms with E-state index in [2.05, 4.69) is 24.1 Å². The number of rotatable bonds is 6. The molecule has 0 spiro atoms. The van der Waals surface area contributed by atoms with E-state index in [1.54, 1.807) is 19.2 Å². The summed E-state index contributed by atoms with van der Waals surface area (Å²) in [6, 6.07) is 3.45. The van der Waals surface area contributed by atoms with E-state index >= 15 is 0 Å². The van der Waals surface area contributed by atoms with Crippen LogP contribution in [0.25, 0.3) is 0 Å². The summed E-state index contributed by atoms with van der Waals surface area (Å²) in [5.74, 6) is 0.887. The number of carbonyl (C=O) groups excluding carboxylic acids is 1. The van der Waals surface area contributed by atoms with Crippen LogP contribution in [0, 0.1) is 6.92 Å². The van der Waals surface area contributed by atoms with Crippen molar-refractivity contribution in [3.05, 3.63) is 39.3 Å². The van der Waals surface area contributed by atoms with Gasteiger partial charge >= 0.3 is 0 Å². The third kappa shape index (κ3) is 3.71. The van der Waals surface area contributed by atoms with E-state index in [1.807, 2.05) is 12.3 Å². The number of carbonyl (C=O) groups is 1. The molecule has 0 fully saturated rings. The number of thiazole rings is 1. The van der Waals surface area contributed by atoms with Crippen molar-refractivity contribution < 1.29 is 14.6 Å². The molecule has 1 unspecified atom stereocenters. The lowest BCUT2D eigenvalue weighted by atomic mass is 10.0. The fourth-order valence-electron chi connectivity index (χ4n) is 2.28. The molecule has 0 saturated heterocycles. The van der Waals surface area contributed by atoms with Gasteiger partial charge in [0.1, 0.15) is 10.8 Å². The number of nitrogens with one attached hydrogen (secondary N) is 1. The molecule has 1 aromatic heterocycles. The number of hydrogen-bond acceptors (Lipinski definition) is 6. The Morgan fingerprint density at radius 3 is 2.61 bits per heavy atom. The van der Waals surface area contributed by atoms with Crippen molar-refractivity contribution in [1.82, 2.24) is 4.98 Å². The summed E-state index contributed by atoms with van der Waals surface area (Å²) in [7, 11) is 1.58. The quantitative estimate of drug-likeness (QED) is 0.619. The predicted octanol–water partition coefficient (Wildman–Crippen LogP) is 3.89. The normalized spacial score (nSPS) is 12.3. The van der Waals surface area contributed by atoms with Crippen molar-refractivity contribution in [3.63, 3.8) is 0 Å². The molecule has 124 valence electrons. The van der Waals surface area contributed by atoms with Gasteiger partial charge in [-0.3, -0.25) is 4.79 Å². The minimum Gasteiger partial charge on any atom is -0.496 e. The van der Waals surface area contributed by atoms with Gasteiger partial charge in [-0.1, -0.05) is 13.8 Å². The first-order valence-corrected chi connectivity index (χ1v) is 8.31. The summed E-state index contributed by atoms with van der Waals surface area (Å²) in [6.07, 6.45) is -0.976. The molecule has 1 atom stereocenters. The summed E-state index contributed by atoms with van der Waals surface area (Å²) in [5, 5.41) is 16.0. The second-order valence-electron chi connectivity index (χ2n) is 5.68. The fraction of sp³-hybridized carbons (Fsp3) is 0.412. The van der Waals surface area contributed by atoms with Gasteiger partial charge < -0.3 is 15.2 Å². The molecule has 2 rings (SSSR count). The van der Waals surface area contributed by atoms with Gasteiger partial charge in [0, 0.05) is 16.5 Å². The minimum absolute atomic E-state index is 0.0764. The number of aliphatic hydroxyl groups is 1. The number of aliphatic hydroxyl groups excluding tert-OH is 1. The lowest BCUT2D eigenvalue weighted by Gasteiger charge is -2.18. The smallest absolute Gasteiger partial charge is 0.177 e. The average molecular weight is 334 g/mol. The van der Waals surface area contributed by atoms with Gasteiger partial charge in [-0.25, -0.2) is 4.98 Å². The third-order valence-electron chi connectivity index (χ3n) is 3.66. The zero-order chi connectivity index (χ0) is 17.1. The Morgan fingerprint density at radius 2 is 2.09 bits per heavy atom. The lowest BCUT2D eigenvalue weighted by molar-refractivity contribution is 0.101. The first-order valence-electron chi connectivity index (χ1n) is 7.43. The van der Waals surface area contributed by atoms with Crippen LogP contribution >= 0.6 is 11.3 Å². The third-order valence-corrected chi connectivity index (χ3v) is 4.58. The summed E-state index contributed by atoms with van der Waals surface area (Å²) < 4.78 is 5.30. The first kappa shape index (κ1) is 17.4. The van der Waals surface area contributed by atoms with Gasteiger partial charge in [-0.2, -0.15) is 0 Å².